The first kappa shape index (κ1) is 13.3. The Morgan fingerprint density at radius 1 is 1.25 bits per heavy atom. The second-order valence-corrected chi connectivity index (χ2v) is 5.70. The quantitative estimate of drug-likeness (QED) is 0.518. The van der Waals surface area contributed by atoms with Crippen molar-refractivity contribution in [2.75, 3.05) is 0 Å². The molecule has 0 amide bonds. The van der Waals surface area contributed by atoms with Crippen LogP contribution in [0.2, 0.25) is 0 Å². The summed E-state index contributed by atoms with van der Waals surface area (Å²) in [5, 5.41) is 0.634. The molecule has 16 heavy (non-hydrogen) atoms. The van der Waals surface area contributed by atoms with E-state index in [-0.39, 0.29) is 0 Å². The van der Waals surface area contributed by atoms with Crippen LogP contribution < -0.4 is 0 Å². The summed E-state index contributed by atoms with van der Waals surface area (Å²) in [7, 11) is 0. The van der Waals surface area contributed by atoms with Gasteiger partial charge >= 0.3 is 0 Å². The predicted molar refractivity (Wildman–Crippen MR) is 70.9 cm³/mol. The summed E-state index contributed by atoms with van der Waals surface area (Å²) in [5.41, 5.74) is 0. The monoisotopic (exact) mass is 236 g/mol. The summed E-state index contributed by atoms with van der Waals surface area (Å²) in [6.45, 7) is 3.92. The van der Waals surface area contributed by atoms with Crippen molar-refractivity contribution >= 4 is 17.5 Å². The molecule has 88 valence electrons. The average molecular weight is 236 g/mol. The van der Waals surface area contributed by atoms with Crippen LogP contribution in [0, 0.1) is 0 Å². The average Bonchev–Trinajstić information content (AvgIpc) is 2.25. The maximum Gasteiger partial charge on any atom is 0.129 e. The van der Waals surface area contributed by atoms with E-state index in [1.807, 2.05) is 17.8 Å². The Balaban J connectivity index is 2.16. The lowest BCUT2D eigenvalue weighted by Crippen LogP contribution is -1.97. The number of carbonyl (C=O) groups is 1. The normalized spacial score (nSPS) is 12.4. The van der Waals surface area contributed by atoms with E-state index in [2.05, 4.69) is 31.2 Å². The van der Waals surface area contributed by atoms with E-state index in [1.54, 1.807) is 6.92 Å². The van der Waals surface area contributed by atoms with E-state index >= 15 is 0 Å². The van der Waals surface area contributed by atoms with E-state index in [9.17, 15) is 4.79 Å². The maximum atomic E-state index is 10.8. The molecule has 0 fully saturated rings. The summed E-state index contributed by atoms with van der Waals surface area (Å²) in [5.74, 6) is 0.309. The Labute approximate surface area is 103 Å². The summed E-state index contributed by atoms with van der Waals surface area (Å²) < 4.78 is 0. The van der Waals surface area contributed by atoms with Gasteiger partial charge in [0.25, 0.3) is 0 Å². The van der Waals surface area contributed by atoms with Gasteiger partial charge in [0.1, 0.15) is 5.78 Å². The summed E-state index contributed by atoms with van der Waals surface area (Å²) in [6.07, 6.45) is 4.12. The van der Waals surface area contributed by atoms with Crippen LogP contribution in [-0.4, -0.2) is 11.0 Å². The minimum Gasteiger partial charge on any atom is -0.300 e. The fourth-order valence-electron chi connectivity index (χ4n) is 1.60. The Kier molecular flexibility index (Phi) is 6.24. The number of hydrogen-bond donors (Lipinski definition) is 0. The van der Waals surface area contributed by atoms with Crippen molar-refractivity contribution < 1.29 is 4.79 Å². The Morgan fingerprint density at radius 3 is 2.56 bits per heavy atom. The molecule has 1 aromatic rings. The molecule has 0 saturated carbocycles. The van der Waals surface area contributed by atoms with Crippen molar-refractivity contribution in [1.29, 1.82) is 0 Å². The Bertz CT molecular complexity index is 308. The molecule has 0 radical (unpaired) electrons. The van der Waals surface area contributed by atoms with Crippen molar-refractivity contribution in [3.8, 4) is 0 Å². The fraction of sp³-hybridized carbons (Fsp3) is 0.500. The molecule has 0 aliphatic carbocycles. The second-order valence-electron chi connectivity index (χ2n) is 4.19. The molecule has 0 bridgehead atoms. The number of rotatable bonds is 7. The van der Waals surface area contributed by atoms with Crippen LogP contribution in [-0.2, 0) is 4.79 Å². The highest BCUT2D eigenvalue weighted by atomic mass is 32.2. The van der Waals surface area contributed by atoms with Crippen LogP contribution in [0.15, 0.2) is 35.2 Å². The third-order valence-electron chi connectivity index (χ3n) is 2.47. The summed E-state index contributed by atoms with van der Waals surface area (Å²) >= 11 is 1.92. The number of benzene rings is 1. The van der Waals surface area contributed by atoms with Gasteiger partial charge in [-0.3, -0.25) is 0 Å². The van der Waals surface area contributed by atoms with Gasteiger partial charge in [0.2, 0.25) is 0 Å². The maximum absolute atomic E-state index is 10.8. The Hall–Kier alpha value is -0.760. The number of unbranched alkanes of at least 4 members (excludes halogenated alkanes) is 1. The molecule has 0 spiro atoms. The van der Waals surface area contributed by atoms with Gasteiger partial charge in [-0.25, -0.2) is 0 Å². The molecule has 0 aliphatic heterocycles. The van der Waals surface area contributed by atoms with Crippen LogP contribution in [0.25, 0.3) is 0 Å². The molecule has 0 N–H and O–H groups in total. The molecule has 1 rings (SSSR count). The van der Waals surface area contributed by atoms with Crippen molar-refractivity contribution in [2.24, 2.45) is 0 Å². The van der Waals surface area contributed by atoms with Crippen LogP contribution in [0.4, 0.5) is 0 Å². The molecular formula is C14H20OS. The lowest BCUT2D eigenvalue weighted by molar-refractivity contribution is -0.117. The molecule has 1 atom stereocenters. The first-order valence-corrected chi connectivity index (χ1v) is 6.77. The molecule has 0 saturated heterocycles. The molecule has 0 heterocycles. The Morgan fingerprint density at radius 2 is 1.94 bits per heavy atom. The van der Waals surface area contributed by atoms with E-state index in [4.69, 9.17) is 0 Å². The van der Waals surface area contributed by atoms with Crippen molar-refractivity contribution in [1.82, 2.24) is 0 Å². The van der Waals surface area contributed by atoms with Gasteiger partial charge in [0, 0.05) is 16.6 Å². The van der Waals surface area contributed by atoms with Crippen molar-refractivity contribution in [3.63, 3.8) is 0 Å². The molecule has 2 heteroatoms. The standard InChI is InChI=1S/C14H20OS/c1-12(15)8-6-7-9-13(2)16-14-10-4-3-5-11-14/h3-5,10-11,13H,6-9H2,1-2H3. The predicted octanol–water partition coefficient (Wildman–Crippen LogP) is 4.32. The molecule has 0 aliphatic rings. The number of thioether (sulfide) groups is 1. The number of hydrogen-bond acceptors (Lipinski definition) is 2. The van der Waals surface area contributed by atoms with Crippen LogP contribution in [0.5, 0.6) is 0 Å². The third kappa shape index (κ3) is 5.96. The number of ketones is 1. The minimum absolute atomic E-state index is 0.309. The highest BCUT2D eigenvalue weighted by Gasteiger charge is 2.04. The van der Waals surface area contributed by atoms with Gasteiger partial charge in [-0.05, 0) is 31.9 Å². The van der Waals surface area contributed by atoms with E-state index in [1.165, 1.54) is 11.3 Å². The van der Waals surface area contributed by atoms with E-state index in [0.29, 0.717) is 11.0 Å². The molecule has 1 nitrogen and oxygen atoms in total. The zero-order valence-electron chi connectivity index (χ0n) is 10.1. The van der Waals surface area contributed by atoms with Gasteiger partial charge in [0.15, 0.2) is 0 Å². The van der Waals surface area contributed by atoms with Crippen LogP contribution in [0.3, 0.4) is 0 Å². The van der Waals surface area contributed by atoms with Gasteiger partial charge in [-0.2, -0.15) is 0 Å². The molecule has 0 aromatic heterocycles. The largest absolute Gasteiger partial charge is 0.300 e. The highest BCUT2D eigenvalue weighted by Crippen LogP contribution is 2.25. The van der Waals surface area contributed by atoms with Gasteiger partial charge in [-0.15, -0.1) is 11.8 Å². The number of Topliss-reactive ketones (excluding diaryl/α,β-unsaturated/α-hetero) is 1. The number of carbonyl (C=O) groups excluding carboxylic acids is 1. The lowest BCUT2D eigenvalue weighted by Gasteiger charge is -2.10. The zero-order valence-corrected chi connectivity index (χ0v) is 10.9. The summed E-state index contributed by atoms with van der Waals surface area (Å²) in [4.78, 5) is 12.1. The lowest BCUT2D eigenvalue weighted by atomic mass is 10.1. The highest BCUT2D eigenvalue weighted by molar-refractivity contribution is 7.99. The van der Waals surface area contributed by atoms with Gasteiger partial charge in [0.05, 0.1) is 0 Å². The minimum atomic E-state index is 0.309. The van der Waals surface area contributed by atoms with Gasteiger partial charge in [-0.1, -0.05) is 31.5 Å². The van der Waals surface area contributed by atoms with Crippen molar-refractivity contribution in [2.45, 2.75) is 49.7 Å². The van der Waals surface area contributed by atoms with E-state index in [0.717, 1.165) is 19.3 Å². The second kappa shape index (κ2) is 7.50. The third-order valence-corrected chi connectivity index (χ3v) is 3.65. The topological polar surface area (TPSA) is 17.1 Å². The molecule has 1 aromatic carbocycles. The van der Waals surface area contributed by atoms with Crippen LogP contribution >= 0.6 is 11.8 Å². The smallest absolute Gasteiger partial charge is 0.129 e. The van der Waals surface area contributed by atoms with Gasteiger partial charge < -0.3 is 4.79 Å². The molecule has 1 unspecified atom stereocenters. The first-order chi connectivity index (χ1) is 7.68. The fourth-order valence-corrected chi connectivity index (χ4v) is 2.66. The first-order valence-electron chi connectivity index (χ1n) is 5.89. The SMILES string of the molecule is CC(=O)CCCCC(C)Sc1ccccc1. The molecular weight excluding hydrogens is 216 g/mol. The van der Waals surface area contributed by atoms with Crippen molar-refractivity contribution in [3.05, 3.63) is 30.3 Å². The summed E-state index contributed by atoms with van der Waals surface area (Å²) in [6, 6.07) is 10.5. The zero-order chi connectivity index (χ0) is 11.8. The van der Waals surface area contributed by atoms with Crippen LogP contribution in [0.1, 0.15) is 39.5 Å². The van der Waals surface area contributed by atoms with E-state index < -0.39 is 0 Å².